The van der Waals surface area contributed by atoms with Gasteiger partial charge in [0.1, 0.15) is 11.5 Å². The molecule has 3 aromatic rings. The summed E-state index contributed by atoms with van der Waals surface area (Å²) in [5, 5.41) is 7.11. The van der Waals surface area contributed by atoms with Crippen LogP contribution in [0.2, 0.25) is 10.0 Å². The summed E-state index contributed by atoms with van der Waals surface area (Å²) in [5.41, 5.74) is 4.12. The Morgan fingerprint density at radius 1 is 1.03 bits per heavy atom. The topological polar surface area (TPSA) is 66.4 Å². The van der Waals surface area contributed by atoms with Gasteiger partial charge in [-0.05, 0) is 72.5 Å². The van der Waals surface area contributed by atoms with Crippen LogP contribution >= 0.6 is 23.2 Å². The number of amidine groups is 1. The number of carbonyl (C=O) groups is 1. The number of aryl methyl sites for hydroxylation is 1. The molecule has 0 unspecified atom stereocenters. The van der Waals surface area contributed by atoms with Crippen LogP contribution in [0, 0.1) is 12.7 Å². The molecule has 2 aromatic carbocycles. The van der Waals surface area contributed by atoms with Crippen molar-refractivity contribution in [3.05, 3.63) is 86.8 Å². The molecule has 2 heterocycles. The Bertz CT molecular complexity index is 1230. The Hall–Kier alpha value is -2.96. The van der Waals surface area contributed by atoms with Crippen LogP contribution < -0.4 is 10.6 Å². The Balaban J connectivity index is 1.59. The van der Waals surface area contributed by atoms with Gasteiger partial charge in [-0.1, -0.05) is 29.3 Å². The van der Waals surface area contributed by atoms with Crippen molar-refractivity contribution in [3.8, 4) is 11.3 Å². The van der Waals surface area contributed by atoms with Gasteiger partial charge < -0.3 is 10.6 Å². The number of aromatic nitrogens is 1. The summed E-state index contributed by atoms with van der Waals surface area (Å²) in [7, 11) is 0. The molecule has 33 heavy (non-hydrogen) atoms. The molecule has 1 aromatic heterocycles. The first kappa shape index (κ1) is 23.2. The van der Waals surface area contributed by atoms with Crippen molar-refractivity contribution in [2.75, 3.05) is 6.54 Å². The lowest BCUT2D eigenvalue weighted by atomic mass is 10.0. The van der Waals surface area contributed by atoms with Gasteiger partial charge in [-0.3, -0.25) is 9.79 Å². The van der Waals surface area contributed by atoms with E-state index in [1.807, 2.05) is 13.0 Å². The van der Waals surface area contributed by atoms with Crippen LogP contribution in [0.4, 0.5) is 4.39 Å². The summed E-state index contributed by atoms with van der Waals surface area (Å²) in [6, 6.07) is 13.4. The molecular formula is C25H23Cl2FN4O. The number of hydrogen-bond donors (Lipinski definition) is 2. The van der Waals surface area contributed by atoms with E-state index in [1.54, 1.807) is 30.3 Å². The van der Waals surface area contributed by atoms with Gasteiger partial charge in [0.05, 0.1) is 21.6 Å². The molecule has 8 heteroatoms. The highest BCUT2D eigenvalue weighted by molar-refractivity contribution is 6.42. The van der Waals surface area contributed by atoms with Crippen LogP contribution in [0.15, 0.2) is 53.5 Å². The van der Waals surface area contributed by atoms with E-state index in [2.05, 4.69) is 20.6 Å². The Labute approximate surface area is 202 Å². The standard InChI is InChI=1S/C25H23Cl2FN4O/c1-15-9-18(28)5-6-19(15)22-11-17(14-30-24-3-2-8-29-24)12-23(32-22)25(33)31-13-16-4-7-20(26)21(27)10-16/h4-7,9-12H,2-3,8,13-14H2,1H3,(H,29,30)(H,31,33). The van der Waals surface area contributed by atoms with Crippen molar-refractivity contribution in [1.29, 1.82) is 0 Å². The van der Waals surface area contributed by atoms with Gasteiger partial charge in [-0.15, -0.1) is 0 Å². The second-order valence-corrected chi connectivity index (χ2v) is 8.74. The first-order valence-electron chi connectivity index (χ1n) is 10.7. The van der Waals surface area contributed by atoms with Gasteiger partial charge in [0, 0.05) is 31.6 Å². The lowest BCUT2D eigenvalue weighted by molar-refractivity contribution is 0.0946. The van der Waals surface area contributed by atoms with E-state index in [4.69, 9.17) is 23.2 Å². The second kappa shape index (κ2) is 10.3. The highest BCUT2D eigenvalue weighted by atomic mass is 35.5. The maximum Gasteiger partial charge on any atom is 0.270 e. The molecule has 1 aliphatic heterocycles. The Morgan fingerprint density at radius 2 is 1.88 bits per heavy atom. The zero-order valence-corrected chi connectivity index (χ0v) is 19.6. The largest absolute Gasteiger partial charge is 0.370 e. The summed E-state index contributed by atoms with van der Waals surface area (Å²) in [6.45, 7) is 3.45. The summed E-state index contributed by atoms with van der Waals surface area (Å²) in [6.07, 6.45) is 1.97. The molecule has 1 aliphatic rings. The number of halogens is 3. The van der Waals surface area contributed by atoms with Gasteiger partial charge in [0.25, 0.3) is 5.91 Å². The van der Waals surface area contributed by atoms with Crippen molar-refractivity contribution in [3.63, 3.8) is 0 Å². The van der Waals surface area contributed by atoms with E-state index < -0.39 is 0 Å². The number of nitrogens with one attached hydrogen (secondary N) is 2. The van der Waals surface area contributed by atoms with Gasteiger partial charge in [0.2, 0.25) is 0 Å². The van der Waals surface area contributed by atoms with Crippen LogP contribution in [0.3, 0.4) is 0 Å². The molecule has 0 radical (unpaired) electrons. The summed E-state index contributed by atoms with van der Waals surface area (Å²) in [4.78, 5) is 22.0. The third-order valence-corrected chi connectivity index (χ3v) is 6.13. The first-order chi connectivity index (χ1) is 15.9. The quantitative estimate of drug-likeness (QED) is 0.470. The van der Waals surface area contributed by atoms with Crippen molar-refractivity contribution < 1.29 is 9.18 Å². The maximum absolute atomic E-state index is 13.6. The molecule has 170 valence electrons. The predicted molar refractivity (Wildman–Crippen MR) is 130 cm³/mol. The molecule has 0 saturated carbocycles. The summed E-state index contributed by atoms with van der Waals surface area (Å²) >= 11 is 12.0. The lowest BCUT2D eigenvalue weighted by Gasteiger charge is -2.13. The number of aliphatic imine (C=N–C) groups is 1. The number of amides is 1. The van der Waals surface area contributed by atoms with Gasteiger partial charge in [-0.2, -0.15) is 0 Å². The minimum Gasteiger partial charge on any atom is -0.370 e. The van der Waals surface area contributed by atoms with E-state index >= 15 is 0 Å². The zero-order valence-electron chi connectivity index (χ0n) is 18.1. The van der Waals surface area contributed by atoms with Crippen molar-refractivity contribution in [2.24, 2.45) is 4.99 Å². The molecule has 0 spiro atoms. The van der Waals surface area contributed by atoms with E-state index in [1.165, 1.54) is 12.1 Å². The van der Waals surface area contributed by atoms with Gasteiger partial charge >= 0.3 is 0 Å². The molecule has 2 N–H and O–H groups in total. The highest BCUT2D eigenvalue weighted by Crippen LogP contribution is 2.25. The normalized spacial score (nSPS) is 13.0. The average molecular weight is 485 g/mol. The fraction of sp³-hybridized carbons (Fsp3) is 0.240. The SMILES string of the molecule is Cc1cc(F)ccc1-c1cc(CNC2=NCCC2)cc(C(=O)NCc2ccc(Cl)c(Cl)c2)n1. The van der Waals surface area contributed by atoms with Crippen LogP contribution in [-0.4, -0.2) is 23.3 Å². The third-order valence-electron chi connectivity index (χ3n) is 5.39. The smallest absolute Gasteiger partial charge is 0.270 e. The molecule has 0 atom stereocenters. The second-order valence-electron chi connectivity index (χ2n) is 7.92. The highest BCUT2D eigenvalue weighted by Gasteiger charge is 2.15. The lowest BCUT2D eigenvalue weighted by Crippen LogP contribution is -2.25. The fourth-order valence-electron chi connectivity index (χ4n) is 3.67. The molecule has 4 rings (SSSR count). The van der Waals surface area contributed by atoms with Gasteiger partial charge in [0.15, 0.2) is 0 Å². The number of pyridine rings is 1. The molecule has 0 bridgehead atoms. The first-order valence-corrected chi connectivity index (χ1v) is 11.4. The molecular weight excluding hydrogens is 462 g/mol. The summed E-state index contributed by atoms with van der Waals surface area (Å²) in [5.74, 6) is 0.340. The van der Waals surface area contributed by atoms with Crippen LogP contribution in [-0.2, 0) is 13.1 Å². The monoisotopic (exact) mass is 484 g/mol. The van der Waals surface area contributed by atoms with E-state index in [0.29, 0.717) is 22.3 Å². The zero-order chi connectivity index (χ0) is 23.4. The van der Waals surface area contributed by atoms with E-state index in [9.17, 15) is 9.18 Å². The van der Waals surface area contributed by atoms with Crippen LogP contribution in [0.25, 0.3) is 11.3 Å². The van der Waals surface area contributed by atoms with Crippen molar-refractivity contribution in [2.45, 2.75) is 32.9 Å². The number of rotatable bonds is 6. The van der Waals surface area contributed by atoms with Crippen molar-refractivity contribution >= 4 is 34.9 Å². The Kier molecular flexibility index (Phi) is 7.26. The van der Waals surface area contributed by atoms with Gasteiger partial charge in [-0.25, -0.2) is 9.37 Å². The number of nitrogens with zero attached hydrogens (tertiary/aromatic N) is 2. The molecule has 5 nitrogen and oxygen atoms in total. The van der Waals surface area contributed by atoms with E-state index in [0.717, 1.165) is 47.5 Å². The summed E-state index contributed by atoms with van der Waals surface area (Å²) < 4.78 is 13.6. The molecule has 1 amide bonds. The number of carbonyl (C=O) groups excluding carboxylic acids is 1. The number of benzene rings is 2. The minimum atomic E-state index is -0.317. The molecule has 0 saturated heterocycles. The fourth-order valence-corrected chi connectivity index (χ4v) is 3.99. The average Bonchev–Trinajstić information content (AvgIpc) is 3.32. The van der Waals surface area contributed by atoms with Crippen LogP contribution in [0.1, 0.15) is 40.0 Å². The van der Waals surface area contributed by atoms with Crippen molar-refractivity contribution in [1.82, 2.24) is 15.6 Å². The number of hydrogen-bond acceptors (Lipinski definition) is 4. The molecule has 0 fully saturated rings. The third kappa shape index (κ3) is 5.89. The Morgan fingerprint density at radius 3 is 2.61 bits per heavy atom. The molecule has 0 aliphatic carbocycles. The predicted octanol–water partition coefficient (Wildman–Crippen LogP) is 5.71. The maximum atomic E-state index is 13.6. The minimum absolute atomic E-state index is 0.279. The van der Waals surface area contributed by atoms with E-state index in [-0.39, 0.29) is 24.0 Å². The van der Waals surface area contributed by atoms with Crippen LogP contribution in [0.5, 0.6) is 0 Å².